The van der Waals surface area contributed by atoms with Gasteiger partial charge in [0.25, 0.3) is 0 Å². The molecule has 2 aromatic heterocycles. The molecule has 0 amide bonds. The van der Waals surface area contributed by atoms with E-state index in [0.717, 1.165) is 5.56 Å². The van der Waals surface area contributed by atoms with Crippen LogP contribution in [-0.2, 0) is 21.6 Å². The molecule has 2 N–H and O–H groups in total. The lowest BCUT2D eigenvalue weighted by Gasteiger charge is -2.20. The molecule has 0 bridgehead atoms. The van der Waals surface area contributed by atoms with Crippen LogP contribution in [0.5, 0.6) is 5.88 Å². The normalized spacial score (nSPS) is 17.6. The molecule has 1 aliphatic carbocycles. The fourth-order valence-corrected chi connectivity index (χ4v) is 4.85. The van der Waals surface area contributed by atoms with Crippen LogP contribution in [-0.4, -0.2) is 44.7 Å². The number of esters is 2. The van der Waals surface area contributed by atoms with Gasteiger partial charge in [0.05, 0.1) is 29.6 Å². The Balaban J connectivity index is 1.27. The van der Waals surface area contributed by atoms with E-state index in [4.69, 9.17) is 19.9 Å². The van der Waals surface area contributed by atoms with E-state index in [2.05, 4.69) is 15.0 Å². The van der Waals surface area contributed by atoms with Gasteiger partial charge in [-0.05, 0) is 36.2 Å². The number of benzene rings is 3. The largest absolute Gasteiger partial charge is 0.471 e. The van der Waals surface area contributed by atoms with Crippen molar-refractivity contribution in [1.29, 1.82) is 0 Å². The Morgan fingerprint density at radius 1 is 0.854 bits per heavy atom. The van der Waals surface area contributed by atoms with E-state index in [1.54, 1.807) is 54.9 Å². The predicted molar refractivity (Wildman–Crippen MR) is 150 cm³/mol. The Labute approximate surface area is 235 Å². The third-order valence-electron chi connectivity index (χ3n) is 7.17. The number of aromatic nitrogens is 4. The molecule has 3 aromatic carbocycles. The summed E-state index contributed by atoms with van der Waals surface area (Å²) in [5.74, 6) is -0.777. The van der Waals surface area contributed by atoms with Crippen LogP contribution in [0.15, 0.2) is 97.3 Å². The second-order valence-corrected chi connectivity index (χ2v) is 9.86. The molecule has 0 saturated heterocycles. The van der Waals surface area contributed by atoms with Crippen molar-refractivity contribution in [2.45, 2.75) is 18.6 Å². The van der Waals surface area contributed by atoms with Crippen LogP contribution in [0.3, 0.4) is 0 Å². The zero-order chi connectivity index (χ0) is 28.2. The highest BCUT2D eigenvalue weighted by molar-refractivity contribution is 5.90. The molecule has 0 spiro atoms. The summed E-state index contributed by atoms with van der Waals surface area (Å²) in [5.41, 5.74) is 8.05. The molecular formula is C31H27N5O5. The quantitative estimate of drug-likeness (QED) is 0.252. The van der Waals surface area contributed by atoms with Crippen LogP contribution in [0, 0.1) is 5.92 Å². The minimum atomic E-state index is -0.756. The molecule has 41 heavy (non-hydrogen) atoms. The van der Waals surface area contributed by atoms with Gasteiger partial charge in [0.2, 0.25) is 11.8 Å². The highest BCUT2D eigenvalue weighted by atomic mass is 16.5. The standard InChI is InChI=1S/C31H27N5O5/c32-30-34-26-25(27(35-30)39-17-21-10-4-1-5-11-21)33-20-36(26)31(19-41-29(38)23-14-8-3-9-15-23)16-24(31)18-40-28(37)22-12-6-2-7-13-22/h1-15,20,24H,16-19H2,(H2,32,34,35)/t24-,31+/m0/s1. The van der Waals surface area contributed by atoms with Crippen molar-refractivity contribution in [3.05, 3.63) is 114 Å². The molecule has 1 aliphatic rings. The van der Waals surface area contributed by atoms with E-state index in [9.17, 15) is 9.59 Å². The average molecular weight is 550 g/mol. The van der Waals surface area contributed by atoms with Gasteiger partial charge < -0.3 is 24.5 Å². The van der Waals surface area contributed by atoms with Crippen molar-refractivity contribution in [2.75, 3.05) is 18.9 Å². The second kappa shape index (κ2) is 11.1. The Morgan fingerprint density at radius 2 is 1.46 bits per heavy atom. The number of nitrogens with zero attached hydrogens (tertiary/aromatic N) is 4. The fraction of sp³-hybridized carbons (Fsp3) is 0.194. The molecule has 1 saturated carbocycles. The van der Waals surface area contributed by atoms with E-state index in [0.29, 0.717) is 28.7 Å². The number of nitrogens with two attached hydrogens (primary N) is 1. The maximum absolute atomic E-state index is 12.8. The number of hydrogen-bond acceptors (Lipinski definition) is 9. The molecule has 6 rings (SSSR count). The maximum atomic E-state index is 12.8. The molecule has 10 nitrogen and oxygen atoms in total. The summed E-state index contributed by atoms with van der Waals surface area (Å²) in [6.45, 7) is 0.412. The van der Waals surface area contributed by atoms with Crippen molar-refractivity contribution < 1.29 is 23.8 Å². The number of imidazole rings is 1. The zero-order valence-electron chi connectivity index (χ0n) is 22.1. The number of carbonyl (C=O) groups excluding carboxylic acids is 2. The molecule has 0 unspecified atom stereocenters. The van der Waals surface area contributed by atoms with Gasteiger partial charge in [0.1, 0.15) is 13.2 Å². The van der Waals surface area contributed by atoms with Gasteiger partial charge in [-0.3, -0.25) is 0 Å². The van der Waals surface area contributed by atoms with Crippen LogP contribution in [0.25, 0.3) is 11.2 Å². The third kappa shape index (κ3) is 5.44. The fourth-order valence-electron chi connectivity index (χ4n) is 4.85. The Bertz CT molecular complexity index is 1680. The first-order chi connectivity index (χ1) is 20.0. The number of rotatable bonds is 10. The average Bonchev–Trinajstić information content (AvgIpc) is 3.56. The molecule has 10 heteroatoms. The Hall–Kier alpha value is -5.25. The number of anilines is 1. The number of ether oxygens (including phenoxy) is 3. The third-order valence-corrected chi connectivity index (χ3v) is 7.17. The van der Waals surface area contributed by atoms with Gasteiger partial charge in [-0.25, -0.2) is 14.6 Å². The van der Waals surface area contributed by atoms with Crippen molar-refractivity contribution in [3.63, 3.8) is 0 Å². The van der Waals surface area contributed by atoms with Crippen LogP contribution in [0.2, 0.25) is 0 Å². The van der Waals surface area contributed by atoms with E-state index < -0.39 is 17.5 Å². The summed E-state index contributed by atoms with van der Waals surface area (Å²) >= 11 is 0. The molecule has 5 aromatic rings. The Morgan fingerprint density at radius 3 is 2.12 bits per heavy atom. The van der Waals surface area contributed by atoms with E-state index in [-0.39, 0.29) is 37.6 Å². The lowest BCUT2D eigenvalue weighted by atomic mass is 10.2. The monoisotopic (exact) mass is 549 g/mol. The van der Waals surface area contributed by atoms with Crippen molar-refractivity contribution in [2.24, 2.45) is 5.92 Å². The first-order valence-corrected chi connectivity index (χ1v) is 13.2. The predicted octanol–water partition coefficient (Wildman–Crippen LogP) is 4.42. The first-order valence-electron chi connectivity index (χ1n) is 13.2. The van der Waals surface area contributed by atoms with Gasteiger partial charge >= 0.3 is 11.9 Å². The van der Waals surface area contributed by atoms with Gasteiger partial charge in [-0.1, -0.05) is 66.7 Å². The lowest BCUT2D eigenvalue weighted by molar-refractivity contribution is 0.0349. The molecule has 2 atom stereocenters. The first kappa shape index (κ1) is 26.0. The van der Waals surface area contributed by atoms with Gasteiger partial charge in [0, 0.05) is 5.92 Å². The minimum absolute atomic E-state index is 0.0177. The van der Waals surface area contributed by atoms with Crippen LogP contribution < -0.4 is 10.5 Å². The van der Waals surface area contributed by atoms with Crippen LogP contribution >= 0.6 is 0 Å². The van der Waals surface area contributed by atoms with Crippen LogP contribution in [0.4, 0.5) is 5.95 Å². The molecule has 2 heterocycles. The SMILES string of the molecule is Nc1nc(OCc2ccccc2)c2ncn([C@@]3(COC(=O)c4ccccc4)C[C@H]3COC(=O)c3ccccc3)c2n1. The molecular weight excluding hydrogens is 522 g/mol. The summed E-state index contributed by atoms with van der Waals surface area (Å²) in [5, 5.41) is 0. The summed E-state index contributed by atoms with van der Waals surface area (Å²) in [6, 6.07) is 27.2. The number of nitrogen functional groups attached to an aromatic ring is 1. The summed E-state index contributed by atoms with van der Waals surface area (Å²) < 4.78 is 19.2. The molecule has 0 radical (unpaired) electrons. The van der Waals surface area contributed by atoms with E-state index >= 15 is 0 Å². The smallest absolute Gasteiger partial charge is 0.338 e. The van der Waals surface area contributed by atoms with Gasteiger partial charge in [-0.15, -0.1) is 0 Å². The van der Waals surface area contributed by atoms with E-state index in [1.807, 2.05) is 47.0 Å². The van der Waals surface area contributed by atoms with Crippen LogP contribution in [0.1, 0.15) is 32.7 Å². The molecule has 1 fully saturated rings. The number of hydrogen-bond donors (Lipinski definition) is 1. The molecule has 206 valence electrons. The summed E-state index contributed by atoms with van der Waals surface area (Å²) in [7, 11) is 0. The summed E-state index contributed by atoms with van der Waals surface area (Å²) in [6.07, 6.45) is 2.18. The second-order valence-electron chi connectivity index (χ2n) is 9.86. The highest BCUT2D eigenvalue weighted by Crippen LogP contribution is 2.52. The number of carbonyl (C=O) groups is 2. The summed E-state index contributed by atoms with van der Waals surface area (Å²) in [4.78, 5) is 38.8. The maximum Gasteiger partial charge on any atom is 0.338 e. The lowest BCUT2D eigenvalue weighted by Crippen LogP contribution is -2.29. The van der Waals surface area contributed by atoms with Crippen molar-refractivity contribution >= 4 is 29.1 Å². The van der Waals surface area contributed by atoms with E-state index in [1.165, 1.54) is 0 Å². The number of fused-ring (bicyclic) bond motifs is 1. The minimum Gasteiger partial charge on any atom is -0.471 e. The highest BCUT2D eigenvalue weighted by Gasteiger charge is 2.58. The van der Waals surface area contributed by atoms with Crippen molar-refractivity contribution in [1.82, 2.24) is 19.5 Å². The Kier molecular flexibility index (Phi) is 7.03. The van der Waals surface area contributed by atoms with Gasteiger partial charge in [-0.2, -0.15) is 9.97 Å². The van der Waals surface area contributed by atoms with Gasteiger partial charge in [0.15, 0.2) is 11.2 Å². The van der Waals surface area contributed by atoms with Crippen molar-refractivity contribution in [3.8, 4) is 5.88 Å². The molecule has 0 aliphatic heterocycles. The topological polar surface area (TPSA) is 131 Å². The zero-order valence-corrected chi connectivity index (χ0v) is 22.1.